The average Bonchev–Trinajstić information content (AvgIpc) is 2.93. The molecule has 0 unspecified atom stereocenters. The maximum atomic E-state index is 13.2. The molecule has 1 aliphatic heterocycles. The van der Waals surface area contributed by atoms with E-state index in [1.165, 1.54) is 0 Å². The lowest BCUT2D eigenvalue weighted by atomic mass is 10.1. The number of benzene rings is 2. The van der Waals surface area contributed by atoms with Crippen molar-refractivity contribution in [1.82, 2.24) is 10.2 Å². The summed E-state index contributed by atoms with van der Waals surface area (Å²) in [7, 11) is 6.44. The summed E-state index contributed by atoms with van der Waals surface area (Å²) >= 11 is 0. The number of carboxylic acids is 1. The minimum absolute atomic E-state index is 0.175. The molecule has 8 heteroatoms. The van der Waals surface area contributed by atoms with Crippen LogP contribution in [0.1, 0.15) is 40.7 Å². The molecule has 2 amide bonds. The molecule has 1 atom stereocenters. The number of anilines is 1. The lowest BCUT2D eigenvalue weighted by Crippen LogP contribution is -2.42. The third-order valence-corrected chi connectivity index (χ3v) is 6.11. The Morgan fingerprint density at radius 2 is 1.86 bits per heavy atom. The Morgan fingerprint density at radius 3 is 2.54 bits per heavy atom. The number of carboxylic acid groups (broad SMARTS) is 1. The molecule has 1 aliphatic rings. The van der Waals surface area contributed by atoms with Crippen LogP contribution in [0.5, 0.6) is 0 Å². The number of hydrogen-bond donors (Lipinski definition) is 3. The summed E-state index contributed by atoms with van der Waals surface area (Å²) in [6.45, 7) is 2.47. The van der Waals surface area contributed by atoms with E-state index in [1.54, 1.807) is 17.0 Å². The Labute approximate surface area is 207 Å². The molecular formula is C27H37N4O4+. The van der Waals surface area contributed by atoms with Crippen LogP contribution in [-0.4, -0.2) is 79.1 Å². The van der Waals surface area contributed by atoms with E-state index >= 15 is 0 Å². The number of aliphatic carboxylic acids is 1. The first-order valence-corrected chi connectivity index (χ1v) is 12.1. The number of amides is 2. The number of carbonyl (C=O) groups is 3. The third-order valence-electron chi connectivity index (χ3n) is 6.11. The zero-order valence-corrected chi connectivity index (χ0v) is 20.9. The molecule has 0 aromatic heterocycles. The van der Waals surface area contributed by atoms with E-state index < -0.39 is 12.0 Å². The third kappa shape index (κ3) is 8.10. The van der Waals surface area contributed by atoms with Crippen LogP contribution in [0, 0.1) is 0 Å². The fourth-order valence-corrected chi connectivity index (χ4v) is 4.17. The summed E-state index contributed by atoms with van der Waals surface area (Å²) < 4.78 is 0.892. The van der Waals surface area contributed by atoms with Crippen molar-refractivity contribution in [2.24, 2.45) is 0 Å². The Hall–Kier alpha value is -3.39. The number of hydrogen-bond acceptors (Lipinski definition) is 4. The molecular weight excluding hydrogens is 444 g/mol. The van der Waals surface area contributed by atoms with Crippen molar-refractivity contribution in [1.29, 1.82) is 0 Å². The van der Waals surface area contributed by atoms with Gasteiger partial charge in [-0.15, -0.1) is 0 Å². The summed E-state index contributed by atoms with van der Waals surface area (Å²) in [6, 6.07) is 14.3. The van der Waals surface area contributed by atoms with Crippen molar-refractivity contribution in [3.63, 3.8) is 0 Å². The van der Waals surface area contributed by atoms with E-state index in [2.05, 4.69) is 31.8 Å². The van der Waals surface area contributed by atoms with Crippen LogP contribution in [-0.2, 0) is 22.6 Å². The highest BCUT2D eigenvalue weighted by Gasteiger charge is 2.31. The Kier molecular flexibility index (Phi) is 8.87. The predicted octanol–water partition coefficient (Wildman–Crippen LogP) is 2.74. The van der Waals surface area contributed by atoms with E-state index in [4.69, 9.17) is 0 Å². The van der Waals surface area contributed by atoms with Gasteiger partial charge in [-0.05, 0) is 42.5 Å². The van der Waals surface area contributed by atoms with Gasteiger partial charge in [0.2, 0.25) is 5.91 Å². The molecule has 3 rings (SSSR count). The number of fused-ring (bicyclic) bond motifs is 1. The van der Waals surface area contributed by atoms with E-state index in [0.29, 0.717) is 37.3 Å². The van der Waals surface area contributed by atoms with Crippen molar-refractivity contribution in [2.75, 3.05) is 46.1 Å². The van der Waals surface area contributed by atoms with Gasteiger partial charge in [0.1, 0.15) is 6.04 Å². The second-order valence-corrected chi connectivity index (χ2v) is 10.1. The molecule has 188 valence electrons. The zero-order chi connectivity index (χ0) is 25.4. The summed E-state index contributed by atoms with van der Waals surface area (Å²) in [6.07, 6.45) is 2.27. The van der Waals surface area contributed by atoms with E-state index in [0.717, 1.165) is 35.0 Å². The Morgan fingerprint density at radius 1 is 1.11 bits per heavy atom. The van der Waals surface area contributed by atoms with Crippen LogP contribution in [0.4, 0.5) is 5.69 Å². The molecule has 2 aromatic rings. The van der Waals surface area contributed by atoms with Crippen LogP contribution in [0.15, 0.2) is 48.5 Å². The first kappa shape index (κ1) is 26.2. The highest BCUT2D eigenvalue weighted by molar-refractivity contribution is 5.96. The van der Waals surface area contributed by atoms with Gasteiger partial charge in [-0.1, -0.05) is 36.4 Å². The fourth-order valence-electron chi connectivity index (χ4n) is 4.17. The van der Waals surface area contributed by atoms with Crippen molar-refractivity contribution in [3.05, 3.63) is 65.2 Å². The second-order valence-electron chi connectivity index (χ2n) is 10.1. The quantitative estimate of drug-likeness (QED) is 0.339. The lowest BCUT2D eigenvalue weighted by Gasteiger charge is -2.24. The summed E-state index contributed by atoms with van der Waals surface area (Å²) in [5.74, 6) is -1.47. The van der Waals surface area contributed by atoms with Crippen LogP contribution in [0.3, 0.4) is 0 Å². The lowest BCUT2D eigenvalue weighted by molar-refractivity contribution is -0.870. The van der Waals surface area contributed by atoms with Gasteiger partial charge in [0, 0.05) is 30.9 Å². The van der Waals surface area contributed by atoms with E-state index in [9.17, 15) is 19.5 Å². The van der Waals surface area contributed by atoms with Gasteiger partial charge in [-0.2, -0.15) is 0 Å². The van der Waals surface area contributed by atoms with Gasteiger partial charge in [0.15, 0.2) is 0 Å². The van der Waals surface area contributed by atoms with Gasteiger partial charge in [-0.3, -0.25) is 14.4 Å². The average molecular weight is 482 g/mol. The molecule has 0 spiro atoms. The number of nitrogens with one attached hydrogen (secondary N) is 2. The standard InChI is InChI=1S/C27H36N4O4/c1-31(2,3)16-8-7-14-28-26(34)21-11-12-22-19-30(15-13-20-9-5-4-6-10-20)27(35)24(18-25(32)33)29-23(22)17-21/h4-6,9-12,17,24,29H,7-8,13-16,18-19H2,1-3H3,(H-,28,32,33,34)/p+1/t24-/m1/s1. The fraction of sp³-hybridized carbons (Fsp3) is 0.444. The van der Waals surface area contributed by atoms with Crippen molar-refractivity contribution < 1.29 is 24.0 Å². The van der Waals surface area contributed by atoms with E-state index in [-0.39, 0.29) is 18.2 Å². The van der Waals surface area contributed by atoms with Gasteiger partial charge in [-0.25, -0.2) is 0 Å². The van der Waals surface area contributed by atoms with E-state index in [1.807, 2.05) is 36.4 Å². The molecule has 0 fully saturated rings. The molecule has 8 nitrogen and oxygen atoms in total. The van der Waals surface area contributed by atoms with Crippen LogP contribution < -0.4 is 10.6 Å². The summed E-state index contributed by atoms with van der Waals surface area (Å²) in [4.78, 5) is 39.0. The van der Waals surface area contributed by atoms with Crippen LogP contribution in [0.2, 0.25) is 0 Å². The summed E-state index contributed by atoms with van der Waals surface area (Å²) in [5.41, 5.74) is 3.09. The minimum atomic E-state index is -1.05. The molecule has 0 radical (unpaired) electrons. The normalized spacial score (nSPS) is 15.7. The first-order chi connectivity index (χ1) is 16.6. The van der Waals surface area contributed by atoms with Crippen molar-refractivity contribution in [2.45, 2.75) is 38.3 Å². The number of rotatable bonds is 11. The second kappa shape index (κ2) is 11.8. The maximum Gasteiger partial charge on any atom is 0.305 e. The highest BCUT2D eigenvalue weighted by Crippen LogP contribution is 2.26. The smallest absolute Gasteiger partial charge is 0.305 e. The van der Waals surface area contributed by atoms with Gasteiger partial charge < -0.3 is 25.1 Å². The molecule has 0 aliphatic carbocycles. The number of quaternary nitrogens is 1. The maximum absolute atomic E-state index is 13.2. The number of unbranched alkanes of at least 4 members (excludes halogenated alkanes) is 1. The van der Waals surface area contributed by atoms with Gasteiger partial charge in [0.25, 0.3) is 5.91 Å². The monoisotopic (exact) mass is 481 g/mol. The van der Waals surface area contributed by atoms with Crippen LogP contribution >= 0.6 is 0 Å². The highest BCUT2D eigenvalue weighted by atomic mass is 16.4. The molecule has 35 heavy (non-hydrogen) atoms. The van der Waals surface area contributed by atoms with Gasteiger partial charge in [0.05, 0.1) is 34.1 Å². The van der Waals surface area contributed by atoms with Gasteiger partial charge >= 0.3 is 5.97 Å². The number of nitrogens with zero attached hydrogens (tertiary/aromatic N) is 2. The Balaban J connectivity index is 1.69. The van der Waals surface area contributed by atoms with Crippen molar-refractivity contribution in [3.8, 4) is 0 Å². The minimum Gasteiger partial charge on any atom is -0.481 e. The Bertz CT molecular complexity index is 1030. The zero-order valence-electron chi connectivity index (χ0n) is 20.9. The first-order valence-electron chi connectivity index (χ1n) is 12.1. The SMILES string of the molecule is C[N+](C)(C)CCCCNC(=O)c1ccc2c(c1)N[C@H](CC(=O)O)C(=O)N(CCc1ccccc1)C2. The molecule has 2 aromatic carbocycles. The van der Waals surface area contributed by atoms with Crippen molar-refractivity contribution >= 4 is 23.5 Å². The molecule has 0 saturated carbocycles. The molecule has 1 heterocycles. The predicted molar refractivity (Wildman–Crippen MR) is 136 cm³/mol. The molecule has 3 N–H and O–H groups in total. The van der Waals surface area contributed by atoms with Crippen LogP contribution in [0.25, 0.3) is 0 Å². The summed E-state index contributed by atoms with van der Waals surface area (Å²) in [5, 5.41) is 15.4. The largest absolute Gasteiger partial charge is 0.481 e. The number of carbonyl (C=O) groups excluding carboxylic acids is 2. The topological polar surface area (TPSA) is 98.7 Å². The molecule has 0 saturated heterocycles. The molecule has 0 bridgehead atoms.